The van der Waals surface area contributed by atoms with Gasteiger partial charge in [0, 0.05) is 37.4 Å². The van der Waals surface area contributed by atoms with Crippen LogP contribution in [0.25, 0.3) is 0 Å². The van der Waals surface area contributed by atoms with Gasteiger partial charge in [-0.05, 0) is 43.9 Å². The molecule has 0 bridgehead atoms. The third-order valence-corrected chi connectivity index (χ3v) is 4.78. The van der Waals surface area contributed by atoms with Gasteiger partial charge in [0.1, 0.15) is 0 Å². The number of hydrogen-bond donors (Lipinski definition) is 1. The summed E-state index contributed by atoms with van der Waals surface area (Å²) in [6, 6.07) is 6.67. The van der Waals surface area contributed by atoms with Crippen LogP contribution in [0.1, 0.15) is 38.3 Å². The van der Waals surface area contributed by atoms with Gasteiger partial charge < -0.3 is 10.6 Å². The van der Waals surface area contributed by atoms with Gasteiger partial charge in [-0.25, -0.2) is 0 Å². The van der Waals surface area contributed by atoms with Gasteiger partial charge in [-0.2, -0.15) is 0 Å². The molecular weight excluding hydrogens is 246 g/mol. The summed E-state index contributed by atoms with van der Waals surface area (Å²) in [6.45, 7) is 4.20. The molecule has 0 spiro atoms. The van der Waals surface area contributed by atoms with E-state index in [9.17, 15) is 0 Å². The van der Waals surface area contributed by atoms with Crippen molar-refractivity contribution in [3.05, 3.63) is 30.1 Å². The molecular formula is C17H29N3. The average Bonchev–Trinajstić information content (AvgIpc) is 2.47. The van der Waals surface area contributed by atoms with Crippen LogP contribution in [-0.2, 0) is 6.42 Å². The van der Waals surface area contributed by atoms with E-state index in [1.165, 1.54) is 31.4 Å². The highest BCUT2D eigenvalue weighted by Gasteiger charge is 2.28. The van der Waals surface area contributed by atoms with Gasteiger partial charge in [-0.3, -0.25) is 4.98 Å². The first-order chi connectivity index (χ1) is 9.70. The molecule has 2 rings (SSSR count). The Balaban J connectivity index is 1.86. The lowest BCUT2D eigenvalue weighted by atomic mass is 9.78. The Hall–Kier alpha value is -0.930. The standard InChI is InChI=1S/C17H29N3/c1-14-6-5-7-15(12-14)17(13-18)20(2)11-9-16-8-3-4-10-19-16/h3-4,8,10,14-15,17H,5-7,9,11-13,18H2,1-2H3. The van der Waals surface area contributed by atoms with E-state index >= 15 is 0 Å². The molecule has 1 heterocycles. The second kappa shape index (κ2) is 7.75. The highest BCUT2D eigenvalue weighted by Crippen LogP contribution is 2.32. The molecule has 3 atom stereocenters. The molecule has 1 saturated carbocycles. The SMILES string of the molecule is CC1CCCC(C(CN)N(C)CCc2ccccn2)C1. The van der Waals surface area contributed by atoms with E-state index in [0.29, 0.717) is 6.04 Å². The molecule has 0 radical (unpaired) electrons. The molecule has 0 amide bonds. The van der Waals surface area contributed by atoms with Crippen LogP contribution in [0.3, 0.4) is 0 Å². The lowest BCUT2D eigenvalue weighted by Gasteiger charge is -2.38. The van der Waals surface area contributed by atoms with E-state index in [2.05, 4.69) is 36.0 Å². The van der Waals surface area contributed by atoms with Crippen LogP contribution in [-0.4, -0.2) is 36.1 Å². The summed E-state index contributed by atoms with van der Waals surface area (Å²) < 4.78 is 0. The summed E-state index contributed by atoms with van der Waals surface area (Å²) in [4.78, 5) is 6.86. The maximum absolute atomic E-state index is 6.06. The molecule has 20 heavy (non-hydrogen) atoms. The van der Waals surface area contributed by atoms with Gasteiger partial charge in [-0.15, -0.1) is 0 Å². The van der Waals surface area contributed by atoms with Crippen molar-refractivity contribution in [2.75, 3.05) is 20.1 Å². The zero-order valence-electron chi connectivity index (χ0n) is 13.0. The molecule has 3 nitrogen and oxygen atoms in total. The van der Waals surface area contributed by atoms with Crippen LogP contribution >= 0.6 is 0 Å². The fourth-order valence-corrected chi connectivity index (χ4v) is 3.57. The van der Waals surface area contributed by atoms with Crippen molar-refractivity contribution in [1.29, 1.82) is 0 Å². The van der Waals surface area contributed by atoms with Gasteiger partial charge in [0.05, 0.1) is 0 Å². The fourth-order valence-electron chi connectivity index (χ4n) is 3.57. The molecule has 1 aromatic heterocycles. The Morgan fingerprint density at radius 2 is 2.25 bits per heavy atom. The van der Waals surface area contributed by atoms with E-state index in [-0.39, 0.29) is 0 Å². The third-order valence-electron chi connectivity index (χ3n) is 4.78. The Morgan fingerprint density at radius 3 is 2.90 bits per heavy atom. The van der Waals surface area contributed by atoms with Gasteiger partial charge in [0.15, 0.2) is 0 Å². The van der Waals surface area contributed by atoms with E-state index in [1.807, 2.05) is 12.3 Å². The smallest absolute Gasteiger partial charge is 0.0416 e. The molecule has 1 aliphatic carbocycles. The van der Waals surface area contributed by atoms with Crippen molar-refractivity contribution >= 4 is 0 Å². The van der Waals surface area contributed by atoms with E-state index in [0.717, 1.165) is 31.3 Å². The molecule has 1 fully saturated rings. The first-order valence-electron chi connectivity index (χ1n) is 8.01. The summed E-state index contributed by atoms with van der Waals surface area (Å²) >= 11 is 0. The summed E-state index contributed by atoms with van der Waals surface area (Å²) in [5.41, 5.74) is 7.23. The Bertz CT molecular complexity index is 379. The van der Waals surface area contributed by atoms with E-state index in [1.54, 1.807) is 0 Å². The number of aromatic nitrogens is 1. The summed E-state index contributed by atoms with van der Waals surface area (Å²) in [5, 5.41) is 0. The molecule has 0 aliphatic heterocycles. The van der Waals surface area contributed by atoms with Crippen LogP contribution in [0.5, 0.6) is 0 Å². The zero-order chi connectivity index (χ0) is 14.4. The number of nitrogens with two attached hydrogens (primary N) is 1. The number of pyridine rings is 1. The molecule has 3 unspecified atom stereocenters. The third kappa shape index (κ3) is 4.29. The van der Waals surface area contributed by atoms with Gasteiger partial charge in [0.25, 0.3) is 0 Å². The Kier molecular flexibility index (Phi) is 5.99. The van der Waals surface area contributed by atoms with Crippen molar-refractivity contribution < 1.29 is 0 Å². The number of hydrogen-bond acceptors (Lipinski definition) is 3. The van der Waals surface area contributed by atoms with Crippen molar-refractivity contribution in [3.8, 4) is 0 Å². The number of nitrogens with zero attached hydrogens (tertiary/aromatic N) is 2. The maximum atomic E-state index is 6.06. The fraction of sp³-hybridized carbons (Fsp3) is 0.706. The molecule has 0 aromatic carbocycles. The lowest BCUT2D eigenvalue weighted by molar-refractivity contribution is 0.131. The highest BCUT2D eigenvalue weighted by molar-refractivity contribution is 5.03. The van der Waals surface area contributed by atoms with Crippen LogP contribution in [0.15, 0.2) is 24.4 Å². The Labute approximate surface area is 123 Å². The minimum absolute atomic E-state index is 0.529. The van der Waals surface area contributed by atoms with Crippen molar-refractivity contribution in [2.24, 2.45) is 17.6 Å². The minimum Gasteiger partial charge on any atom is -0.329 e. The summed E-state index contributed by atoms with van der Waals surface area (Å²) in [5.74, 6) is 1.64. The Morgan fingerprint density at radius 1 is 1.40 bits per heavy atom. The quantitative estimate of drug-likeness (QED) is 0.868. The number of likely N-dealkylation sites (N-methyl/N-ethyl adjacent to an activating group) is 1. The molecule has 1 aliphatic rings. The molecule has 1 aromatic rings. The molecule has 3 heteroatoms. The molecule has 2 N–H and O–H groups in total. The maximum Gasteiger partial charge on any atom is 0.0416 e. The van der Waals surface area contributed by atoms with Crippen LogP contribution in [0.2, 0.25) is 0 Å². The number of rotatable bonds is 6. The second-order valence-electron chi connectivity index (χ2n) is 6.39. The molecule has 112 valence electrons. The van der Waals surface area contributed by atoms with Gasteiger partial charge in [-0.1, -0.05) is 25.8 Å². The lowest BCUT2D eigenvalue weighted by Crippen LogP contribution is -2.45. The van der Waals surface area contributed by atoms with Crippen molar-refractivity contribution in [3.63, 3.8) is 0 Å². The van der Waals surface area contributed by atoms with Gasteiger partial charge in [0.2, 0.25) is 0 Å². The van der Waals surface area contributed by atoms with E-state index < -0.39 is 0 Å². The average molecular weight is 275 g/mol. The predicted molar refractivity (Wildman–Crippen MR) is 84.5 cm³/mol. The van der Waals surface area contributed by atoms with Crippen LogP contribution in [0, 0.1) is 11.8 Å². The minimum atomic E-state index is 0.529. The summed E-state index contributed by atoms with van der Waals surface area (Å²) in [7, 11) is 2.22. The second-order valence-corrected chi connectivity index (χ2v) is 6.39. The predicted octanol–water partition coefficient (Wildman–Crippen LogP) is 2.71. The van der Waals surface area contributed by atoms with Crippen LogP contribution < -0.4 is 5.73 Å². The first kappa shape index (κ1) is 15.5. The van der Waals surface area contributed by atoms with Crippen molar-refractivity contribution in [2.45, 2.75) is 45.1 Å². The van der Waals surface area contributed by atoms with Gasteiger partial charge >= 0.3 is 0 Å². The largest absolute Gasteiger partial charge is 0.329 e. The first-order valence-corrected chi connectivity index (χ1v) is 8.01. The zero-order valence-corrected chi connectivity index (χ0v) is 13.0. The van der Waals surface area contributed by atoms with E-state index in [4.69, 9.17) is 5.73 Å². The van der Waals surface area contributed by atoms with Crippen LogP contribution in [0.4, 0.5) is 0 Å². The highest BCUT2D eigenvalue weighted by atomic mass is 15.1. The monoisotopic (exact) mass is 275 g/mol. The topological polar surface area (TPSA) is 42.1 Å². The normalized spacial score (nSPS) is 24.8. The van der Waals surface area contributed by atoms with Crippen molar-refractivity contribution in [1.82, 2.24) is 9.88 Å². The summed E-state index contributed by atoms with van der Waals surface area (Å²) in [6.07, 6.45) is 8.34. The molecule has 0 saturated heterocycles.